The molecule has 3 atom stereocenters. The summed E-state index contributed by atoms with van der Waals surface area (Å²) in [6, 6.07) is 5.91. The minimum atomic E-state index is -0.510. The number of benzene rings is 1. The van der Waals surface area contributed by atoms with Crippen molar-refractivity contribution < 1.29 is 9.47 Å². The Morgan fingerprint density at radius 2 is 2.00 bits per heavy atom. The van der Waals surface area contributed by atoms with Gasteiger partial charge in [0.25, 0.3) is 0 Å². The van der Waals surface area contributed by atoms with E-state index in [1.807, 2.05) is 24.4 Å². The lowest BCUT2D eigenvalue weighted by molar-refractivity contribution is 0.305. The molecule has 2 aliphatic rings. The van der Waals surface area contributed by atoms with Crippen LogP contribution in [0.5, 0.6) is 11.5 Å². The van der Waals surface area contributed by atoms with Crippen LogP contribution < -0.4 is 31.6 Å². The van der Waals surface area contributed by atoms with Crippen LogP contribution >= 0.6 is 0 Å². The average Bonchev–Trinajstić information content (AvgIpc) is 2.72. The van der Waals surface area contributed by atoms with E-state index in [4.69, 9.17) is 20.9 Å². The number of amidine groups is 1. The summed E-state index contributed by atoms with van der Waals surface area (Å²) in [6.45, 7) is 8.28. The van der Waals surface area contributed by atoms with Gasteiger partial charge >= 0.3 is 0 Å². The molecule has 2 aliphatic heterocycles. The van der Waals surface area contributed by atoms with E-state index >= 15 is 0 Å². The monoisotopic (exact) mass is 414 g/mol. The van der Waals surface area contributed by atoms with Crippen molar-refractivity contribution in [3.8, 4) is 11.5 Å². The molecule has 0 amide bonds. The van der Waals surface area contributed by atoms with Crippen molar-refractivity contribution in [2.75, 3.05) is 25.1 Å². The third kappa shape index (κ3) is 5.31. The van der Waals surface area contributed by atoms with Gasteiger partial charge in [-0.15, -0.1) is 0 Å². The summed E-state index contributed by atoms with van der Waals surface area (Å²) in [5.74, 6) is 2.09. The molecule has 1 aromatic rings. The Hall–Kier alpha value is -2.58. The van der Waals surface area contributed by atoms with Crippen LogP contribution in [0.2, 0.25) is 0 Å². The summed E-state index contributed by atoms with van der Waals surface area (Å²) >= 11 is 0. The van der Waals surface area contributed by atoms with Gasteiger partial charge < -0.3 is 20.5 Å². The zero-order chi connectivity index (χ0) is 21.5. The summed E-state index contributed by atoms with van der Waals surface area (Å²) in [6.07, 6.45) is 4.28. The first-order valence-corrected chi connectivity index (χ1v) is 10.7. The van der Waals surface area contributed by atoms with Crippen molar-refractivity contribution >= 4 is 17.7 Å². The number of nitrogens with zero attached hydrogens (tertiary/aromatic N) is 2. The fraction of sp³-hybridized carbons (Fsp3) is 0.545. The van der Waals surface area contributed by atoms with Crippen molar-refractivity contribution in [1.29, 1.82) is 0 Å². The molecule has 0 aromatic heterocycles. The molecule has 30 heavy (non-hydrogen) atoms. The van der Waals surface area contributed by atoms with Gasteiger partial charge in [0.05, 0.1) is 24.8 Å². The molecular formula is C22H34N6O2. The van der Waals surface area contributed by atoms with Crippen LogP contribution in [0.3, 0.4) is 0 Å². The smallest absolute Gasteiger partial charge is 0.154 e. The van der Waals surface area contributed by atoms with Crippen LogP contribution in [0.25, 0.3) is 0 Å². The molecule has 0 saturated carbocycles. The Labute approximate surface area is 178 Å². The van der Waals surface area contributed by atoms with Crippen molar-refractivity contribution in [2.45, 2.75) is 52.5 Å². The van der Waals surface area contributed by atoms with Gasteiger partial charge in [-0.05, 0) is 37.5 Å². The first-order valence-electron chi connectivity index (χ1n) is 10.7. The predicted molar refractivity (Wildman–Crippen MR) is 122 cm³/mol. The molecule has 8 heteroatoms. The SMILES string of the molecule is CCCCOc1ccc(OCCC)cc1NCC1=C(C)C2C(N)=NC(N)NC2N=C1. The fourth-order valence-electron chi connectivity index (χ4n) is 3.56. The number of ether oxygens (including phenoxy) is 2. The molecule has 6 N–H and O–H groups in total. The van der Waals surface area contributed by atoms with E-state index in [2.05, 4.69) is 41.4 Å². The quantitative estimate of drug-likeness (QED) is 0.437. The van der Waals surface area contributed by atoms with E-state index in [0.29, 0.717) is 25.6 Å². The lowest BCUT2D eigenvalue weighted by Gasteiger charge is -2.35. The van der Waals surface area contributed by atoms with E-state index in [1.165, 1.54) is 0 Å². The second-order valence-corrected chi connectivity index (χ2v) is 7.64. The third-order valence-electron chi connectivity index (χ3n) is 5.28. The van der Waals surface area contributed by atoms with Crippen molar-refractivity contribution in [3.05, 3.63) is 29.3 Å². The summed E-state index contributed by atoms with van der Waals surface area (Å²) in [7, 11) is 0. The Bertz CT molecular complexity index is 820. The van der Waals surface area contributed by atoms with Gasteiger partial charge in [0.1, 0.15) is 23.5 Å². The van der Waals surface area contributed by atoms with Gasteiger partial charge in [0.2, 0.25) is 0 Å². The minimum Gasteiger partial charge on any atom is -0.494 e. The van der Waals surface area contributed by atoms with Gasteiger partial charge in [0.15, 0.2) is 6.29 Å². The minimum absolute atomic E-state index is 0.0777. The highest BCUT2D eigenvalue weighted by molar-refractivity contribution is 5.92. The van der Waals surface area contributed by atoms with Crippen LogP contribution in [0.1, 0.15) is 40.0 Å². The molecule has 0 radical (unpaired) electrons. The number of unbranched alkanes of at least 4 members (excludes halogenated alkanes) is 1. The topological polar surface area (TPSA) is 119 Å². The summed E-state index contributed by atoms with van der Waals surface area (Å²) in [5, 5.41) is 6.66. The molecule has 3 unspecified atom stereocenters. The molecule has 0 fully saturated rings. The van der Waals surface area contributed by atoms with E-state index in [-0.39, 0.29) is 12.1 Å². The van der Waals surface area contributed by atoms with Gasteiger partial charge in [-0.1, -0.05) is 25.8 Å². The van der Waals surface area contributed by atoms with Crippen LogP contribution in [-0.4, -0.2) is 44.3 Å². The number of nitrogens with two attached hydrogens (primary N) is 2. The number of nitrogens with one attached hydrogen (secondary N) is 2. The number of anilines is 1. The highest BCUT2D eigenvalue weighted by atomic mass is 16.5. The summed E-state index contributed by atoms with van der Waals surface area (Å²) in [5.41, 5.74) is 15.1. The first-order chi connectivity index (χ1) is 14.5. The van der Waals surface area contributed by atoms with Crippen LogP contribution in [0.4, 0.5) is 5.69 Å². The summed E-state index contributed by atoms with van der Waals surface area (Å²) in [4.78, 5) is 8.87. The highest BCUT2D eigenvalue weighted by Crippen LogP contribution is 2.31. The number of rotatable bonds is 10. The van der Waals surface area contributed by atoms with E-state index in [9.17, 15) is 0 Å². The molecule has 164 valence electrons. The maximum atomic E-state index is 6.16. The average molecular weight is 415 g/mol. The van der Waals surface area contributed by atoms with Gasteiger partial charge in [-0.2, -0.15) is 0 Å². The Morgan fingerprint density at radius 1 is 1.17 bits per heavy atom. The van der Waals surface area contributed by atoms with Gasteiger partial charge in [-0.3, -0.25) is 16.0 Å². The van der Waals surface area contributed by atoms with Crippen molar-refractivity contribution in [2.24, 2.45) is 27.4 Å². The zero-order valence-corrected chi connectivity index (χ0v) is 18.1. The predicted octanol–water partition coefficient (Wildman–Crippen LogP) is 2.61. The standard InChI is InChI=1S/C22H34N6O2/c1-4-6-10-30-18-8-7-16(29-9-5-2)11-17(18)25-12-15-13-26-21-19(14(15)3)20(23)27-22(24)28-21/h7-8,11,13,19,21-22,25,28H,4-6,9-10,12,24H2,1-3H3,(H2,23,27). The molecule has 0 spiro atoms. The third-order valence-corrected chi connectivity index (χ3v) is 5.28. The molecule has 1 aromatic carbocycles. The van der Waals surface area contributed by atoms with Crippen LogP contribution in [-0.2, 0) is 0 Å². The Morgan fingerprint density at radius 3 is 2.77 bits per heavy atom. The Kier molecular flexibility index (Phi) is 7.70. The van der Waals surface area contributed by atoms with E-state index in [1.54, 1.807) is 0 Å². The van der Waals surface area contributed by atoms with Crippen molar-refractivity contribution in [3.63, 3.8) is 0 Å². The van der Waals surface area contributed by atoms with Crippen molar-refractivity contribution in [1.82, 2.24) is 5.32 Å². The maximum absolute atomic E-state index is 6.16. The molecule has 0 aliphatic carbocycles. The van der Waals surface area contributed by atoms with Gasteiger partial charge in [0, 0.05) is 18.8 Å². The lowest BCUT2D eigenvalue weighted by Crippen LogP contribution is -2.55. The number of dihydropyridines is 1. The first kappa shape index (κ1) is 22.1. The highest BCUT2D eigenvalue weighted by Gasteiger charge is 2.34. The second kappa shape index (κ2) is 10.4. The molecular weight excluding hydrogens is 380 g/mol. The zero-order valence-electron chi connectivity index (χ0n) is 18.1. The van der Waals surface area contributed by atoms with E-state index in [0.717, 1.165) is 47.6 Å². The number of hydrogen-bond donors (Lipinski definition) is 4. The maximum Gasteiger partial charge on any atom is 0.154 e. The van der Waals surface area contributed by atoms with Crippen LogP contribution in [0.15, 0.2) is 39.3 Å². The molecule has 0 saturated heterocycles. The van der Waals surface area contributed by atoms with Gasteiger partial charge in [-0.25, -0.2) is 4.99 Å². The van der Waals surface area contributed by atoms with Crippen LogP contribution in [0, 0.1) is 5.92 Å². The summed E-state index contributed by atoms with van der Waals surface area (Å²) < 4.78 is 11.8. The molecule has 0 bridgehead atoms. The molecule has 3 rings (SSSR count). The van der Waals surface area contributed by atoms with E-state index < -0.39 is 6.29 Å². The normalized spacial score (nSPS) is 23.1. The number of aliphatic imine (C=N–C) groups is 2. The molecule has 2 heterocycles. The molecule has 8 nitrogen and oxygen atoms in total. The fourth-order valence-corrected chi connectivity index (χ4v) is 3.56. The number of fused-ring (bicyclic) bond motifs is 1. The Balaban J connectivity index is 1.76. The lowest BCUT2D eigenvalue weighted by atomic mass is 9.88. The largest absolute Gasteiger partial charge is 0.494 e. The number of hydrogen-bond acceptors (Lipinski definition) is 8. The second-order valence-electron chi connectivity index (χ2n) is 7.64.